The molecule has 92 valence electrons. The Balaban J connectivity index is 3.04. The van der Waals surface area contributed by atoms with Crippen molar-refractivity contribution < 1.29 is 14.3 Å². The Hall–Kier alpha value is -1.64. The molecule has 0 heterocycles. The number of carboxylic acid groups (broad SMARTS) is 1. The second-order valence-corrected chi connectivity index (χ2v) is 4.06. The molecule has 0 unspecified atom stereocenters. The van der Waals surface area contributed by atoms with Crippen molar-refractivity contribution in [3.05, 3.63) is 41.2 Å². The zero-order valence-electron chi connectivity index (χ0n) is 10.2. The smallest absolute Gasteiger partial charge is 0.307 e. The normalized spacial score (nSPS) is 11.6. The van der Waals surface area contributed by atoms with Gasteiger partial charge >= 0.3 is 5.97 Å². The van der Waals surface area contributed by atoms with Gasteiger partial charge in [-0.3, -0.25) is 4.79 Å². The summed E-state index contributed by atoms with van der Waals surface area (Å²) in [6, 6.07) is 5.02. The van der Waals surface area contributed by atoms with Crippen molar-refractivity contribution in [3.63, 3.8) is 0 Å². The molecule has 0 saturated heterocycles. The number of hydrogen-bond acceptors (Lipinski definition) is 1. The minimum absolute atomic E-state index is 0.0668. The Labute approximate surface area is 101 Å². The van der Waals surface area contributed by atoms with Crippen LogP contribution in [0, 0.1) is 12.7 Å². The Morgan fingerprint density at radius 3 is 2.71 bits per heavy atom. The maximum absolute atomic E-state index is 13.8. The molecular weight excluding hydrogens is 219 g/mol. The van der Waals surface area contributed by atoms with E-state index in [0.29, 0.717) is 12.0 Å². The molecule has 0 aliphatic carbocycles. The van der Waals surface area contributed by atoms with E-state index >= 15 is 0 Å². The topological polar surface area (TPSA) is 37.3 Å². The first kappa shape index (κ1) is 13.4. The highest BCUT2D eigenvalue weighted by Gasteiger charge is 2.08. The average molecular weight is 236 g/mol. The van der Waals surface area contributed by atoms with E-state index in [9.17, 15) is 9.18 Å². The van der Waals surface area contributed by atoms with E-state index in [2.05, 4.69) is 0 Å². The van der Waals surface area contributed by atoms with Crippen LogP contribution in [-0.4, -0.2) is 11.1 Å². The van der Waals surface area contributed by atoms with E-state index < -0.39 is 5.97 Å². The summed E-state index contributed by atoms with van der Waals surface area (Å²) in [7, 11) is 0. The van der Waals surface area contributed by atoms with E-state index in [4.69, 9.17) is 5.11 Å². The fraction of sp³-hybridized carbons (Fsp3) is 0.357. The Morgan fingerprint density at radius 2 is 2.18 bits per heavy atom. The van der Waals surface area contributed by atoms with Crippen LogP contribution in [-0.2, 0) is 4.79 Å². The van der Waals surface area contributed by atoms with Crippen molar-refractivity contribution in [2.45, 2.75) is 33.1 Å². The molecule has 0 fully saturated rings. The fourth-order valence-corrected chi connectivity index (χ4v) is 1.71. The zero-order valence-corrected chi connectivity index (χ0v) is 10.2. The van der Waals surface area contributed by atoms with Crippen LogP contribution in [0.1, 0.15) is 37.3 Å². The number of halogens is 1. The number of hydrogen-bond donors (Lipinski definition) is 1. The average Bonchev–Trinajstić information content (AvgIpc) is 2.24. The summed E-state index contributed by atoms with van der Waals surface area (Å²) in [5, 5.41) is 8.65. The lowest BCUT2D eigenvalue weighted by Crippen LogP contribution is -1.95. The molecule has 0 bridgehead atoms. The molecule has 17 heavy (non-hydrogen) atoms. The van der Waals surface area contributed by atoms with Gasteiger partial charge in [-0.15, -0.1) is 0 Å². The lowest BCUT2D eigenvalue weighted by molar-refractivity contribution is -0.135. The molecule has 0 amide bonds. The summed E-state index contributed by atoms with van der Waals surface area (Å²) in [5.74, 6) is -1.18. The van der Waals surface area contributed by atoms with Gasteiger partial charge in [-0.25, -0.2) is 4.39 Å². The van der Waals surface area contributed by atoms with Gasteiger partial charge in [0, 0.05) is 5.56 Å². The largest absolute Gasteiger partial charge is 0.481 e. The molecule has 1 N–H and O–H groups in total. The van der Waals surface area contributed by atoms with Gasteiger partial charge in [0.1, 0.15) is 5.82 Å². The second-order valence-electron chi connectivity index (χ2n) is 4.06. The summed E-state index contributed by atoms with van der Waals surface area (Å²) < 4.78 is 13.8. The second kappa shape index (κ2) is 6.18. The van der Waals surface area contributed by atoms with Gasteiger partial charge in [-0.05, 0) is 30.5 Å². The van der Waals surface area contributed by atoms with Crippen LogP contribution in [0.15, 0.2) is 24.3 Å². The number of allylic oxidation sites excluding steroid dienone is 1. The van der Waals surface area contributed by atoms with Gasteiger partial charge in [-0.1, -0.05) is 31.6 Å². The number of carbonyl (C=O) groups is 1. The first-order chi connectivity index (χ1) is 8.04. The van der Waals surface area contributed by atoms with Crippen molar-refractivity contribution in [1.82, 2.24) is 0 Å². The van der Waals surface area contributed by atoms with Crippen LogP contribution in [0.2, 0.25) is 0 Å². The summed E-state index contributed by atoms with van der Waals surface area (Å²) in [4.78, 5) is 10.5. The van der Waals surface area contributed by atoms with Crippen LogP contribution in [0.3, 0.4) is 0 Å². The molecule has 0 atom stereocenters. The van der Waals surface area contributed by atoms with Crippen molar-refractivity contribution in [1.29, 1.82) is 0 Å². The minimum atomic E-state index is -0.897. The number of aryl methyl sites for hydroxylation is 1. The van der Waals surface area contributed by atoms with Crippen molar-refractivity contribution in [2.75, 3.05) is 0 Å². The number of benzene rings is 1. The summed E-state index contributed by atoms with van der Waals surface area (Å²) >= 11 is 0. The standard InChI is InChI=1S/C14H17FO2/c1-3-4-11(6-8-14(16)17)12-7-5-10(2)9-13(12)15/h5-7,9H,3-4,8H2,1-2H3,(H,16,17)/b11-6+. The third-order valence-corrected chi connectivity index (χ3v) is 2.51. The molecule has 3 heteroatoms. The van der Waals surface area contributed by atoms with Crippen molar-refractivity contribution >= 4 is 11.5 Å². The summed E-state index contributed by atoms with van der Waals surface area (Å²) in [6.07, 6.45) is 3.08. The van der Waals surface area contributed by atoms with Crippen LogP contribution in [0.5, 0.6) is 0 Å². The van der Waals surface area contributed by atoms with Gasteiger partial charge in [0.2, 0.25) is 0 Å². The number of rotatable bonds is 5. The molecule has 0 aliphatic rings. The maximum Gasteiger partial charge on any atom is 0.307 e. The molecule has 2 nitrogen and oxygen atoms in total. The van der Waals surface area contributed by atoms with Crippen LogP contribution >= 0.6 is 0 Å². The highest BCUT2D eigenvalue weighted by Crippen LogP contribution is 2.24. The lowest BCUT2D eigenvalue weighted by Gasteiger charge is -2.08. The minimum Gasteiger partial charge on any atom is -0.481 e. The van der Waals surface area contributed by atoms with E-state index in [1.807, 2.05) is 19.9 Å². The predicted molar refractivity (Wildman–Crippen MR) is 66.3 cm³/mol. The molecule has 0 radical (unpaired) electrons. The van der Waals surface area contributed by atoms with Gasteiger partial charge in [0.25, 0.3) is 0 Å². The van der Waals surface area contributed by atoms with Gasteiger partial charge in [0.05, 0.1) is 6.42 Å². The van der Waals surface area contributed by atoms with Gasteiger partial charge in [0.15, 0.2) is 0 Å². The van der Waals surface area contributed by atoms with Crippen LogP contribution < -0.4 is 0 Å². The summed E-state index contributed by atoms with van der Waals surface area (Å²) in [6.45, 7) is 3.81. The maximum atomic E-state index is 13.8. The van der Waals surface area contributed by atoms with E-state index in [1.54, 1.807) is 12.1 Å². The molecule has 0 aliphatic heterocycles. The Bertz CT molecular complexity index is 436. The van der Waals surface area contributed by atoms with Gasteiger partial charge in [-0.2, -0.15) is 0 Å². The third kappa shape index (κ3) is 4.02. The van der Waals surface area contributed by atoms with Gasteiger partial charge < -0.3 is 5.11 Å². The van der Waals surface area contributed by atoms with Crippen LogP contribution in [0.25, 0.3) is 5.57 Å². The van der Waals surface area contributed by atoms with Crippen LogP contribution in [0.4, 0.5) is 4.39 Å². The number of carboxylic acids is 1. The molecule has 0 spiro atoms. The molecular formula is C14H17FO2. The molecule has 0 saturated carbocycles. The molecule has 1 aromatic rings. The third-order valence-electron chi connectivity index (χ3n) is 2.51. The lowest BCUT2D eigenvalue weighted by atomic mass is 9.98. The number of aliphatic carboxylic acids is 1. The zero-order chi connectivity index (χ0) is 12.8. The summed E-state index contributed by atoms with van der Waals surface area (Å²) in [5.41, 5.74) is 2.14. The van der Waals surface area contributed by atoms with E-state index in [1.165, 1.54) is 6.07 Å². The monoisotopic (exact) mass is 236 g/mol. The Kier molecular flexibility index (Phi) is 4.88. The highest BCUT2D eigenvalue weighted by atomic mass is 19.1. The molecule has 1 aromatic carbocycles. The first-order valence-electron chi connectivity index (χ1n) is 5.72. The Morgan fingerprint density at radius 1 is 1.47 bits per heavy atom. The molecule has 0 aromatic heterocycles. The van der Waals surface area contributed by atoms with Crippen molar-refractivity contribution in [3.8, 4) is 0 Å². The van der Waals surface area contributed by atoms with E-state index in [0.717, 1.165) is 17.6 Å². The first-order valence-corrected chi connectivity index (χ1v) is 5.72. The van der Waals surface area contributed by atoms with E-state index in [-0.39, 0.29) is 12.2 Å². The highest BCUT2D eigenvalue weighted by molar-refractivity contribution is 5.74. The quantitative estimate of drug-likeness (QED) is 0.844. The fourth-order valence-electron chi connectivity index (χ4n) is 1.71. The molecule has 1 rings (SSSR count). The predicted octanol–water partition coefficient (Wildman–Crippen LogP) is 3.79. The van der Waals surface area contributed by atoms with Crippen molar-refractivity contribution in [2.24, 2.45) is 0 Å². The SMILES string of the molecule is CCC/C(=C\CC(=O)O)c1ccc(C)cc1F.